The molecule has 5 heteroatoms. The third kappa shape index (κ3) is 4.49. The zero-order chi connectivity index (χ0) is 12.0. The van der Waals surface area contributed by atoms with Crippen molar-refractivity contribution in [2.45, 2.75) is 26.3 Å². The van der Waals surface area contributed by atoms with Gasteiger partial charge in [0, 0.05) is 6.04 Å². The molecular weight excluding hydrogens is 242 g/mol. The standard InChI is InChI=1S/C11H18ClN3S/c1-3-16-7-6-8(2)14-11-9(13)4-5-10(12)15-11/h4-5,8H,3,6-7,13H2,1-2H3,(H,14,15). The van der Waals surface area contributed by atoms with Gasteiger partial charge in [0.25, 0.3) is 0 Å². The van der Waals surface area contributed by atoms with Gasteiger partial charge in [0.2, 0.25) is 0 Å². The van der Waals surface area contributed by atoms with Gasteiger partial charge in [-0.2, -0.15) is 11.8 Å². The Balaban J connectivity index is 2.48. The van der Waals surface area contributed by atoms with Gasteiger partial charge < -0.3 is 11.1 Å². The summed E-state index contributed by atoms with van der Waals surface area (Å²) in [6.07, 6.45) is 1.09. The normalized spacial score (nSPS) is 12.4. The van der Waals surface area contributed by atoms with Crippen molar-refractivity contribution >= 4 is 34.9 Å². The van der Waals surface area contributed by atoms with Gasteiger partial charge in [0.05, 0.1) is 5.69 Å². The Morgan fingerprint density at radius 2 is 2.31 bits per heavy atom. The molecule has 1 atom stereocenters. The highest BCUT2D eigenvalue weighted by atomic mass is 35.5. The Bertz CT molecular complexity index is 333. The van der Waals surface area contributed by atoms with Crippen LogP contribution in [0.4, 0.5) is 11.5 Å². The molecule has 0 saturated carbocycles. The molecule has 0 aliphatic rings. The SMILES string of the molecule is CCSCCC(C)Nc1nc(Cl)ccc1N. The molecule has 0 aliphatic carbocycles. The first-order valence-corrected chi connectivity index (χ1v) is 6.93. The van der Waals surface area contributed by atoms with Crippen LogP contribution in [0.1, 0.15) is 20.3 Å². The van der Waals surface area contributed by atoms with Crippen LogP contribution in [0.5, 0.6) is 0 Å². The predicted molar refractivity (Wildman–Crippen MR) is 74.4 cm³/mol. The zero-order valence-electron chi connectivity index (χ0n) is 9.66. The molecule has 0 bridgehead atoms. The van der Waals surface area contributed by atoms with Gasteiger partial charge in [0.1, 0.15) is 5.15 Å². The van der Waals surface area contributed by atoms with Crippen LogP contribution >= 0.6 is 23.4 Å². The van der Waals surface area contributed by atoms with Crippen molar-refractivity contribution in [3.8, 4) is 0 Å². The van der Waals surface area contributed by atoms with E-state index in [0.717, 1.165) is 17.9 Å². The van der Waals surface area contributed by atoms with E-state index in [4.69, 9.17) is 17.3 Å². The summed E-state index contributed by atoms with van der Waals surface area (Å²) in [6.45, 7) is 4.29. The first-order valence-electron chi connectivity index (χ1n) is 5.39. The van der Waals surface area contributed by atoms with E-state index in [0.29, 0.717) is 22.7 Å². The topological polar surface area (TPSA) is 50.9 Å². The van der Waals surface area contributed by atoms with Gasteiger partial charge in [0.15, 0.2) is 5.82 Å². The number of anilines is 2. The van der Waals surface area contributed by atoms with Crippen LogP contribution in [0.15, 0.2) is 12.1 Å². The minimum absolute atomic E-state index is 0.354. The minimum atomic E-state index is 0.354. The van der Waals surface area contributed by atoms with Crippen molar-refractivity contribution in [3.63, 3.8) is 0 Å². The Labute approximate surface area is 106 Å². The molecule has 1 unspecified atom stereocenters. The second kappa shape index (κ2) is 6.86. The van der Waals surface area contributed by atoms with Crippen LogP contribution in [0.3, 0.4) is 0 Å². The van der Waals surface area contributed by atoms with E-state index < -0.39 is 0 Å². The predicted octanol–water partition coefficient (Wildman–Crippen LogP) is 3.26. The number of thioether (sulfide) groups is 1. The molecule has 0 aromatic carbocycles. The van der Waals surface area contributed by atoms with E-state index in [1.165, 1.54) is 0 Å². The molecule has 3 N–H and O–H groups in total. The van der Waals surface area contributed by atoms with Gasteiger partial charge in [-0.05, 0) is 37.0 Å². The quantitative estimate of drug-likeness (QED) is 0.608. The molecular formula is C11H18ClN3S. The molecule has 0 aliphatic heterocycles. The fraction of sp³-hybridized carbons (Fsp3) is 0.545. The number of hydrogen-bond acceptors (Lipinski definition) is 4. The van der Waals surface area contributed by atoms with Crippen LogP contribution in [0, 0.1) is 0 Å². The Hall–Kier alpha value is -0.610. The van der Waals surface area contributed by atoms with E-state index in [1.807, 2.05) is 11.8 Å². The van der Waals surface area contributed by atoms with E-state index in [2.05, 4.69) is 24.1 Å². The van der Waals surface area contributed by atoms with Crippen LogP contribution in [0.25, 0.3) is 0 Å². The average Bonchev–Trinajstić information content (AvgIpc) is 2.24. The molecule has 0 radical (unpaired) electrons. The summed E-state index contributed by atoms with van der Waals surface area (Å²) < 4.78 is 0. The lowest BCUT2D eigenvalue weighted by Crippen LogP contribution is -2.18. The van der Waals surface area contributed by atoms with E-state index >= 15 is 0 Å². The largest absolute Gasteiger partial charge is 0.396 e. The van der Waals surface area contributed by atoms with Gasteiger partial charge >= 0.3 is 0 Å². The van der Waals surface area contributed by atoms with Crippen LogP contribution in [-0.2, 0) is 0 Å². The number of nitrogen functional groups attached to an aromatic ring is 1. The van der Waals surface area contributed by atoms with Crippen molar-refractivity contribution in [2.24, 2.45) is 0 Å². The lowest BCUT2D eigenvalue weighted by Gasteiger charge is -2.15. The van der Waals surface area contributed by atoms with Crippen molar-refractivity contribution in [3.05, 3.63) is 17.3 Å². The molecule has 3 nitrogen and oxygen atoms in total. The molecule has 0 spiro atoms. The lowest BCUT2D eigenvalue weighted by molar-refractivity contribution is 0.767. The number of halogens is 1. The maximum atomic E-state index is 5.82. The van der Waals surface area contributed by atoms with Crippen molar-refractivity contribution in [2.75, 3.05) is 22.6 Å². The number of aromatic nitrogens is 1. The highest BCUT2D eigenvalue weighted by molar-refractivity contribution is 7.99. The summed E-state index contributed by atoms with van der Waals surface area (Å²) in [5, 5.41) is 3.74. The fourth-order valence-corrected chi connectivity index (χ4v) is 2.23. The third-order valence-electron chi connectivity index (χ3n) is 2.17. The Morgan fingerprint density at radius 3 is 3.00 bits per heavy atom. The number of nitrogens with two attached hydrogens (primary N) is 1. The highest BCUT2D eigenvalue weighted by Gasteiger charge is 2.06. The molecule has 1 rings (SSSR count). The van der Waals surface area contributed by atoms with Gasteiger partial charge in [-0.1, -0.05) is 18.5 Å². The van der Waals surface area contributed by atoms with Crippen LogP contribution in [-0.4, -0.2) is 22.5 Å². The summed E-state index contributed by atoms with van der Waals surface area (Å²) in [5.74, 6) is 2.98. The summed E-state index contributed by atoms with van der Waals surface area (Å²) in [4.78, 5) is 4.16. The minimum Gasteiger partial charge on any atom is -0.396 e. The second-order valence-corrected chi connectivity index (χ2v) is 5.38. The number of nitrogens with one attached hydrogen (secondary N) is 1. The lowest BCUT2D eigenvalue weighted by atomic mass is 10.2. The molecule has 0 amide bonds. The molecule has 90 valence electrons. The molecule has 1 aromatic rings. The van der Waals surface area contributed by atoms with Crippen molar-refractivity contribution < 1.29 is 0 Å². The third-order valence-corrected chi connectivity index (χ3v) is 3.32. The number of rotatable bonds is 6. The Morgan fingerprint density at radius 1 is 1.56 bits per heavy atom. The summed E-state index contributed by atoms with van der Waals surface area (Å²) >= 11 is 7.75. The van der Waals surface area contributed by atoms with Crippen LogP contribution in [0.2, 0.25) is 5.15 Å². The highest BCUT2D eigenvalue weighted by Crippen LogP contribution is 2.20. The van der Waals surface area contributed by atoms with E-state index in [9.17, 15) is 0 Å². The molecule has 0 saturated heterocycles. The summed E-state index contributed by atoms with van der Waals surface area (Å²) in [7, 11) is 0. The molecule has 1 aromatic heterocycles. The first kappa shape index (κ1) is 13.5. The smallest absolute Gasteiger partial charge is 0.151 e. The van der Waals surface area contributed by atoms with Crippen LogP contribution < -0.4 is 11.1 Å². The monoisotopic (exact) mass is 259 g/mol. The van der Waals surface area contributed by atoms with Gasteiger partial charge in [-0.3, -0.25) is 0 Å². The zero-order valence-corrected chi connectivity index (χ0v) is 11.2. The Kier molecular flexibility index (Phi) is 5.77. The second-order valence-electron chi connectivity index (χ2n) is 3.60. The summed E-state index contributed by atoms with van der Waals surface area (Å²) in [5.41, 5.74) is 6.44. The fourth-order valence-electron chi connectivity index (χ4n) is 1.27. The summed E-state index contributed by atoms with van der Waals surface area (Å²) in [6, 6.07) is 3.82. The maximum Gasteiger partial charge on any atom is 0.151 e. The molecule has 0 fully saturated rings. The van der Waals surface area contributed by atoms with Crippen molar-refractivity contribution in [1.29, 1.82) is 0 Å². The number of pyridine rings is 1. The van der Waals surface area contributed by atoms with Gasteiger partial charge in [-0.25, -0.2) is 4.98 Å². The first-order chi connectivity index (χ1) is 7.63. The van der Waals surface area contributed by atoms with E-state index in [-0.39, 0.29) is 0 Å². The van der Waals surface area contributed by atoms with E-state index in [1.54, 1.807) is 12.1 Å². The van der Waals surface area contributed by atoms with Crippen molar-refractivity contribution in [1.82, 2.24) is 4.98 Å². The molecule has 1 heterocycles. The van der Waals surface area contributed by atoms with Gasteiger partial charge in [-0.15, -0.1) is 0 Å². The average molecular weight is 260 g/mol. The molecule has 16 heavy (non-hydrogen) atoms. The number of hydrogen-bond donors (Lipinski definition) is 2. The number of nitrogens with zero attached hydrogens (tertiary/aromatic N) is 1. The maximum absolute atomic E-state index is 5.82.